The fourth-order valence-electron chi connectivity index (χ4n) is 5.42. The molecule has 0 saturated carbocycles. The van der Waals surface area contributed by atoms with Crippen LogP contribution in [0.15, 0.2) is 48.9 Å². The molecule has 0 unspecified atom stereocenters. The first-order chi connectivity index (χ1) is 13.3. The second kappa shape index (κ2) is 5.83. The second-order valence-corrected chi connectivity index (χ2v) is 8.53. The lowest BCUT2D eigenvalue weighted by Crippen LogP contribution is -2.54. The van der Waals surface area contributed by atoms with Gasteiger partial charge in [-0.15, -0.1) is 0 Å². The predicted octanol–water partition coefficient (Wildman–Crippen LogP) is 4.32. The third-order valence-corrected chi connectivity index (χ3v) is 6.83. The van der Waals surface area contributed by atoms with E-state index in [2.05, 4.69) is 50.8 Å². The maximum Gasteiger partial charge on any atom is 0.136 e. The van der Waals surface area contributed by atoms with Crippen LogP contribution in [0.2, 0.25) is 0 Å². The Morgan fingerprint density at radius 2 is 2.04 bits per heavy atom. The van der Waals surface area contributed by atoms with Crippen molar-refractivity contribution < 1.29 is 4.74 Å². The van der Waals surface area contributed by atoms with Gasteiger partial charge < -0.3 is 14.0 Å². The third kappa shape index (κ3) is 2.58. The van der Waals surface area contributed by atoms with Crippen LogP contribution in [-0.4, -0.2) is 39.0 Å². The highest BCUT2D eigenvalue weighted by Gasteiger charge is 2.46. The average molecular weight is 359 g/mol. The Morgan fingerprint density at radius 1 is 1.07 bits per heavy atom. The van der Waals surface area contributed by atoms with E-state index in [4.69, 9.17) is 4.74 Å². The molecule has 27 heavy (non-hydrogen) atoms. The lowest BCUT2D eigenvalue weighted by Gasteiger charge is -2.46. The molecule has 1 aromatic carbocycles. The summed E-state index contributed by atoms with van der Waals surface area (Å²) in [6.45, 7) is 2.48. The lowest BCUT2D eigenvalue weighted by molar-refractivity contribution is -0.0249. The maximum atomic E-state index is 6.59. The molecule has 4 heteroatoms. The Labute approximate surface area is 159 Å². The standard InChI is InChI=1S/C23H25N3O/c1-2-10-25-11-8-23(15-20(25)3-1)14-19-13-17(4-6-21(19)27-23)18-5-7-22-24-9-12-26(22)16-18/h4-7,9,12-13,16,20H,1-3,8,10-11,14-15H2/t20-,23-/m1/s1. The molecule has 0 radical (unpaired) electrons. The number of nitrogens with zero attached hydrogens (tertiary/aromatic N) is 3. The van der Waals surface area contributed by atoms with Crippen LogP contribution in [0.1, 0.15) is 37.7 Å². The van der Waals surface area contributed by atoms with Gasteiger partial charge >= 0.3 is 0 Å². The third-order valence-electron chi connectivity index (χ3n) is 6.83. The van der Waals surface area contributed by atoms with Crippen LogP contribution in [-0.2, 0) is 6.42 Å². The first-order valence-corrected chi connectivity index (χ1v) is 10.3. The summed E-state index contributed by atoms with van der Waals surface area (Å²) in [6, 6.07) is 11.7. The number of piperidine rings is 2. The molecule has 2 saturated heterocycles. The molecular formula is C23H25N3O. The number of benzene rings is 1. The maximum absolute atomic E-state index is 6.59. The number of imidazole rings is 1. The van der Waals surface area contributed by atoms with Crippen molar-refractivity contribution in [2.75, 3.05) is 13.1 Å². The van der Waals surface area contributed by atoms with Crippen LogP contribution < -0.4 is 4.74 Å². The highest BCUT2D eigenvalue weighted by molar-refractivity contribution is 5.67. The lowest BCUT2D eigenvalue weighted by atomic mass is 9.80. The van der Waals surface area contributed by atoms with Crippen LogP contribution in [0.25, 0.3) is 16.8 Å². The minimum absolute atomic E-state index is 0.0355. The summed E-state index contributed by atoms with van der Waals surface area (Å²) < 4.78 is 8.67. The van der Waals surface area contributed by atoms with E-state index in [0.29, 0.717) is 0 Å². The first kappa shape index (κ1) is 15.7. The van der Waals surface area contributed by atoms with Crippen molar-refractivity contribution in [3.8, 4) is 16.9 Å². The van der Waals surface area contributed by atoms with Gasteiger partial charge in [-0.2, -0.15) is 0 Å². The normalized spacial score (nSPS) is 27.5. The van der Waals surface area contributed by atoms with Crippen molar-refractivity contribution in [3.05, 3.63) is 54.5 Å². The largest absolute Gasteiger partial charge is 0.487 e. The molecule has 0 aliphatic carbocycles. The highest BCUT2D eigenvalue weighted by Crippen LogP contribution is 2.45. The molecule has 3 aromatic rings. The SMILES string of the molecule is c1cn2cc(-c3ccc4c(c3)C[C@@]3(CCN5CCCC[C@@H]5C3)O4)ccc2n1. The van der Waals surface area contributed by atoms with E-state index < -0.39 is 0 Å². The molecule has 1 spiro atoms. The van der Waals surface area contributed by atoms with E-state index in [1.165, 1.54) is 55.5 Å². The van der Waals surface area contributed by atoms with E-state index in [-0.39, 0.29) is 5.60 Å². The summed E-state index contributed by atoms with van der Waals surface area (Å²) in [7, 11) is 0. The summed E-state index contributed by atoms with van der Waals surface area (Å²) in [5, 5.41) is 0. The molecule has 4 nitrogen and oxygen atoms in total. The number of hydrogen-bond acceptors (Lipinski definition) is 3. The molecule has 138 valence electrons. The molecule has 3 aliphatic rings. The van der Waals surface area contributed by atoms with Crippen LogP contribution in [0.3, 0.4) is 0 Å². The molecule has 2 atom stereocenters. The van der Waals surface area contributed by atoms with Crippen molar-refractivity contribution >= 4 is 5.65 Å². The van der Waals surface area contributed by atoms with E-state index in [1.807, 2.05) is 12.4 Å². The summed E-state index contributed by atoms with van der Waals surface area (Å²) >= 11 is 0. The van der Waals surface area contributed by atoms with Gasteiger partial charge in [0.2, 0.25) is 0 Å². The summed E-state index contributed by atoms with van der Waals surface area (Å²) in [5.41, 5.74) is 4.89. The molecule has 0 N–H and O–H groups in total. The van der Waals surface area contributed by atoms with Crippen LogP contribution in [0.4, 0.5) is 0 Å². The van der Waals surface area contributed by atoms with Gasteiger partial charge in [-0.1, -0.05) is 12.5 Å². The quantitative estimate of drug-likeness (QED) is 0.648. The van der Waals surface area contributed by atoms with Gasteiger partial charge in [-0.05, 0) is 60.3 Å². The number of fused-ring (bicyclic) bond motifs is 3. The second-order valence-electron chi connectivity index (χ2n) is 8.53. The van der Waals surface area contributed by atoms with Gasteiger partial charge in [0, 0.05) is 50.4 Å². The number of aromatic nitrogens is 2. The van der Waals surface area contributed by atoms with Crippen LogP contribution in [0.5, 0.6) is 5.75 Å². The zero-order valence-corrected chi connectivity index (χ0v) is 15.6. The molecule has 2 aromatic heterocycles. The zero-order valence-electron chi connectivity index (χ0n) is 15.6. The van der Waals surface area contributed by atoms with Crippen molar-refractivity contribution in [1.82, 2.24) is 14.3 Å². The van der Waals surface area contributed by atoms with E-state index >= 15 is 0 Å². The Bertz CT molecular complexity index is 1010. The molecule has 0 bridgehead atoms. The van der Waals surface area contributed by atoms with Crippen molar-refractivity contribution in [2.45, 2.75) is 50.2 Å². The number of ether oxygens (including phenoxy) is 1. The number of rotatable bonds is 1. The minimum atomic E-state index is 0.0355. The average Bonchev–Trinajstić information content (AvgIpc) is 3.30. The molecule has 2 fully saturated rings. The monoisotopic (exact) mass is 359 g/mol. The number of pyridine rings is 1. The van der Waals surface area contributed by atoms with Crippen molar-refractivity contribution in [1.29, 1.82) is 0 Å². The van der Waals surface area contributed by atoms with E-state index in [1.54, 1.807) is 0 Å². The van der Waals surface area contributed by atoms with Gasteiger partial charge in [-0.3, -0.25) is 0 Å². The Kier molecular flexibility index (Phi) is 3.39. The highest BCUT2D eigenvalue weighted by atomic mass is 16.5. The molecule has 3 aliphatic heterocycles. The Hall–Kier alpha value is -2.33. The summed E-state index contributed by atoms with van der Waals surface area (Å²) in [5.74, 6) is 1.10. The first-order valence-electron chi connectivity index (χ1n) is 10.3. The fourth-order valence-corrected chi connectivity index (χ4v) is 5.42. The zero-order chi connectivity index (χ0) is 17.8. The minimum Gasteiger partial charge on any atom is -0.487 e. The number of hydrogen-bond donors (Lipinski definition) is 0. The topological polar surface area (TPSA) is 29.8 Å². The van der Waals surface area contributed by atoms with E-state index in [0.717, 1.165) is 30.3 Å². The smallest absolute Gasteiger partial charge is 0.136 e. The van der Waals surface area contributed by atoms with E-state index in [9.17, 15) is 0 Å². The summed E-state index contributed by atoms with van der Waals surface area (Å²) in [6.07, 6.45) is 13.5. The van der Waals surface area contributed by atoms with Crippen molar-refractivity contribution in [3.63, 3.8) is 0 Å². The van der Waals surface area contributed by atoms with Gasteiger partial charge in [0.05, 0.1) is 0 Å². The van der Waals surface area contributed by atoms with Gasteiger partial charge in [0.15, 0.2) is 0 Å². The van der Waals surface area contributed by atoms with Crippen LogP contribution in [0, 0.1) is 0 Å². The van der Waals surface area contributed by atoms with Crippen LogP contribution >= 0.6 is 0 Å². The van der Waals surface area contributed by atoms with Gasteiger partial charge in [-0.25, -0.2) is 4.98 Å². The van der Waals surface area contributed by atoms with Crippen molar-refractivity contribution in [2.24, 2.45) is 0 Å². The van der Waals surface area contributed by atoms with Gasteiger partial charge in [0.25, 0.3) is 0 Å². The molecular weight excluding hydrogens is 334 g/mol. The molecule has 0 amide bonds. The Balaban J connectivity index is 1.29. The summed E-state index contributed by atoms with van der Waals surface area (Å²) in [4.78, 5) is 7.04. The fraction of sp³-hybridized carbons (Fsp3) is 0.435. The Morgan fingerprint density at radius 3 is 3.04 bits per heavy atom. The predicted molar refractivity (Wildman–Crippen MR) is 106 cm³/mol. The molecule has 6 rings (SSSR count). The van der Waals surface area contributed by atoms with Gasteiger partial charge in [0.1, 0.15) is 17.0 Å². The molecule has 5 heterocycles.